The summed E-state index contributed by atoms with van der Waals surface area (Å²) >= 11 is 0. The average Bonchev–Trinajstić information content (AvgIpc) is 3.76. The molecule has 42 heavy (non-hydrogen) atoms. The maximum absolute atomic E-state index is 13.5. The Morgan fingerprint density at radius 3 is 2.48 bits per heavy atom. The average molecular weight is 587 g/mol. The zero-order chi connectivity index (χ0) is 30.0. The van der Waals surface area contributed by atoms with E-state index in [-0.39, 0.29) is 0 Å². The van der Waals surface area contributed by atoms with Gasteiger partial charge in [-0.1, -0.05) is 55.3 Å². The van der Waals surface area contributed by atoms with Crippen molar-refractivity contribution in [2.75, 3.05) is 20.2 Å². The van der Waals surface area contributed by atoms with E-state index < -0.39 is 41.2 Å². The van der Waals surface area contributed by atoms with E-state index in [4.69, 9.17) is 9.47 Å². The molecule has 7 nitrogen and oxygen atoms in total. The molecule has 0 bridgehead atoms. The molecular formula is C32H37F3N2O5. The number of amides is 1. The first kappa shape index (κ1) is 30.1. The van der Waals surface area contributed by atoms with E-state index in [1.165, 1.54) is 6.92 Å². The smallest absolute Gasteiger partial charge is 0.427 e. The lowest BCUT2D eigenvalue weighted by molar-refractivity contribution is -0.304. The predicted molar refractivity (Wildman–Crippen MR) is 150 cm³/mol. The minimum absolute atomic E-state index is 0.410. The van der Waals surface area contributed by atoms with Crippen molar-refractivity contribution in [3.63, 3.8) is 0 Å². The summed E-state index contributed by atoms with van der Waals surface area (Å²) < 4.78 is 56.3. The molecule has 2 aromatic carbocycles. The van der Waals surface area contributed by atoms with Crippen LogP contribution < -0.4 is 10.1 Å². The summed E-state index contributed by atoms with van der Waals surface area (Å²) in [7, 11) is 1.71. The van der Waals surface area contributed by atoms with Gasteiger partial charge >= 0.3 is 12.3 Å². The van der Waals surface area contributed by atoms with Crippen molar-refractivity contribution in [1.82, 2.24) is 10.2 Å². The van der Waals surface area contributed by atoms with Gasteiger partial charge in [-0.15, -0.1) is 13.2 Å². The topological polar surface area (TPSA) is 77.1 Å². The van der Waals surface area contributed by atoms with E-state index in [2.05, 4.69) is 15.0 Å². The molecule has 2 aromatic rings. The van der Waals surface area contributed by atoms with Crippen LogP contribution in [0.4, 0.5) is 13.2 Å². The first-order valence-electron chi connectivity index (χ1n) is 14.4. The third-order valence-corrected chi connectivity index (χ3v) is 8.82. The zero-order valence-corrected chi connectivity index (χ0v) is 23.9. The van der Waals surface area contributed by atoms with Crippen LogP contribution in [-0.2, 0) is 24.5 Å². The fraction of sp³-hybridized carbons (Fsp3) is 0.500. The number of halogens is 3. The lowest BCUT2D eigenvalue weighted by atomic mass is 9.55. The molecule has 0 radical (unpaired) electrons. The molecule has 3 atom stereocenters. The second-order valence-corrected chi connectivity index (χ2v) is 11.6. The molecule has 2 aliphatic carbocycles. The highest BCUT2D eigenvalue weighted by molar-refractivity contribution is 5.96. The van der Waals surface area contributed by atoms with Gasteiger partial charge in [0, 0.05) is 32.5 Å². The molecular weight excluding hydrogens is 549 g/mol. The Bertz CT molecular complexity index is 1310. The quantitative estimate of drug-likeness (QED) is 0.170. The Morgan fingerprint density at radius 2 is 1.81 bits per heavy atom. The number of benzene rings is 2. The Hall–Kier alpha value is -3.37. The van der Waals surface area contributed by atoms with Crippen molar-refractivity contribution in [1.29, 1.82) is 0 Å². The summed E-state index contributed by atoms with van der Waals surface area (Å²) in [6, 6.07) is 15.7. The number of ether oxygens (including phenoxy) is 3. The van der Waals surface area contributed by atoms with Gasteiger partial charge in [0.25, 0.3) is 5.91 Å². The molecule has 1 N–H and O–H groups in total. The number of esters is 1. The first-order chi connectivity index (χ1) is 20.0. The van der Waals surface area contributed by atoms with Crippen molar-refractivity contribution in [3.05, 3.63) is 71.5 Å². The number of carbonyl (C=O) groups is 2. The second-order valence-electron chi connectivity index (χ2n) is 11.6. The lowest BCUT2D eigenvalue weighted by Gasteiger charge is -2.60. The van der Waals surface area contributed by atoms with Crippen LogP contribution in [0.25, 0.3) is 6.08 Å². The molecule has 0 spiro atoms. The summed E-state index contributed by atoms with van der Waals surface area (Å²) in [5, 5.41) is 2.91. The standard InChI is InChI=1S/C32H37F3N2O5/c1-22(38)41-26-12-8-11-25(18-26)30-15-6-7-16-31(30,40-2)21-37(20-24-13-14-24)28(19-30)36-29(39)27(42-32(33,34)35)17-23-9-4-3-5-10-23/h3-5,8-12,17-18,24,28H,6-7,13-16,19-21H2,1-2H3,(H,36,39)/t28-,30-,31?/m0/s1. The zero-order valence-electron chi connectivity index (χ0n) is 23.9. The number of hydrogen-bond acceptors (Lipinski definition) is 6. The van der Waals surface area contributed by atoms with Gasteiger partial charge in [0.1, 0.15) is 5.75 Å². The number of nitrogens with zero attached hydrogens (tertiary/aromatic N) is 1. The molecule has 3 fully saturated rings. The minimum Gasteiger partial charge on any atom is -0.427 e. The molecule has 0 aromatic heterocycles. The largest absolute Gasteiger partial charge is 0.573 e. The first-order valence-corrected chi connectivity index (χ1v) is 14.4. The summed E-state index contributed by atoms with van der Waals surface area (Å²) in [4.78, 5) is 27.4. The van der Waals surface area contributed by atoms with Crippen molar-refractivity contribution in [2.45, 2.75) is 75.4 Å². The lowest BCUT2D eigenvalue weighted by Crippen LogP contribution is -2.70. The van der Waals surface area contributed by atoms with Gasteiger partial charge in [-0.2, -0.15) is 0 Å². The number of hydrogen-bond donors (Lipinski definition) is 1. The molecule has 1 aliphatic heterocycles. The molecule has 3 aliphatic rings. The number of piperidine rings is 1. The van der Waals surface area contributed by atoms with Gasteiger partial charge in [-0.05, 0) is 67.4 Å². The van der Waals surface area contributed by atoms with Gasteiger partial charge < -0.3 is 19.5 Å². The van der Waals surface area contributed by atoms with Gasteiger partial charge in [0.05, 0.1) is 11.8 Å². The Kier molecular flexibility index (Phi) is 8.66. The van der Waals surface area contributed by atoms with Crippen molar-refractivity contribution in [2.24, 2.45) is 5.92 Å². The molecule has 10 heteroatoms. The van der Waals surface area contributed by atoms with Gasteiger partial charge in [-0.25, -0.2) is 0 Å². The molecule has 2 saturated carbocycles. The highest BCUT2D eigenvalue weighted by atomic mass is 19.4. The van der Waals surface area contributed by atoms with Crippen molar-refractivity contribution >= 4 is 18.0 Å². The summed E-state index contributed by atoms with van der Waals surface area (Å²) in [5.41, 5.74) is 0.151. The number of nitrogens with one attached hydrogen (secondary N) is 1. The number of methoxy groups -OCH3 is 1. The summed E-state index contributed by atoms with van der Waals surface area (Å²) in [6.45, 7) is 2.55. The second kappa shape index (κ2) is 12.1. The minimum atomic E-state index is -5.04. The number of rotatable bonds is 9. The van der Waals surface area contributed by atoms with Gasteiger partial charge in [-0.3, -0.25) is 14.5 Å². The van der Waals surface area contributed by atoms with Gasteiger partial charge in [0.2, 0.25) is 0 Å². The third-order valence-electron chi connectivity index (χ3n) is 8.82. The van der Waals surface area contributed by atoms with E-state index in [9.17, 15) is 22.8 Å². The van der Waals surface area contributed by atoms with E-state index in [1.54, 1.807) is 43.5 Å². The van der Waals surface area contributed by atoms with E-state index in [1.807, 2.05) is 18.2 Å². The number of alkyl halides is 3. The molecule has 1 saturated heterocycles. The van der Waals surface area contributed by atoms with Crippen molar-refractivity contribution in [3.8, 4) is 5.75 Å². The molecule has 1 amide bonds. The van der Waals surface area contributed by atoms with Crippen LogP contribution in [-0.4, -0.2) is 55.1 Å². The summed E-state index contributed by atoms with van der Waals surface area (Å²) in [6.07, 6.45) is 1.48. The number of fused-ring (bicyclic) bond motifs is 1. The van der Waals surface area contributed by atoms with E-state index in [0.29, 0.717) is 36.7 Å². The van der Waals surface area contributed by atoms with Crippen LogP contribution in [0.5, 0.6) is 5.75 Å². The summed E-state index contributed by atoms with van der Waals surface area (Å²) in [5.74, 6) is -1.31. The number of carbonyl (C=O) groups excluding carboxylic acids is 2. The predicted octanol–water partition coefficient (Wildman–Crippen LogP) is 5.94. The Morgan fingerprint density at radius 1 is 1.07 bits per heavy atom. The normalized spacial score (nSPS) is 26.7. The highest BCUT2D eigenvalue weighted by Gasteiger charge is 2.60. The molecule has 5 rings (SSSR count). The number of likely N-dealkylation sites (tertiary alicyclic amines) is 1. The fourth-order valence-electron chi connectivity index (χ4n) is 6.79. The van der Waals surface area contributed by atoms with Crippen LogP contribution in [0.3, 0.4) is 0 Å². The van der Waals surface area contributed by atoms with E-state index >= 15 is 0 Å². The van der Waals surface area contributed by atoms with Crippen LogP contribution in [0.2, 0.25) is 0 Å². The maximum Gasteiger partial charge on any atom is 0.573 e. The monoisotopic (exact) mass is 586 g/mol. The maximum atomic E-state index is 13.5. The van der Waals surface area contributed by atoms with Gasteiger partial charge in [0.15, 0.2) is 5.76 Å². The van der Waals surface area contributed by atoms with Crippen molar-refractivity contribution < 1.29 is 37.0 Å². The highest BCUT2D eigenvalue weighted by Crippen LogP contribution is 2.55. The molecule has 1 heterocycles. The molecule has 1 unspecified atom stereocenters. The molecule has 226 valence electrons. The van der Waals surface area contributed by atoms with E-state index in [0.717, 1.165) is 50.2 Å². The SMILES string of the molecule is COC12CCCC[C@@]1(c1cccc(OC(C)=O)c1)C[C@@H](NC(=O)C(=Cc1ccccc1)OC(F)(F)F)N(CC1CC1)C2. The van der Waals surface area contributed by atoms with Crippen LogP contribution in [0.15, 0.2) is 60.4 Å². The fourth-order valence-corrected chi connectivity index (χ4v) is 6.79. The van der Waals surface area contributed by atoms with Crippen LogP contribution in [0.1, 0.15) is 63.0 Å². The Labute approximate surface area is 244 Å². The Balaban J connectivity index is 1.52. The van der Waals surface area contributed by atoms with Crippen LogP contribution >= 0.6 is 0 Å². The van der Waals surface area contributed by atoms with Crippen LogP contribution in [0, 0.1) is 5.92 Å². The third kappa shape index (κ3) is 6.65.